The molecule has 8 heteroatoms. The first kappa shape index (κ1) is 19.9. The van der Waals surface area contributed by atoms with E-state index in [4.69, 9.17) is 4.74 Å². The summed E-state index contributed by atoms with van der Waals surface area (Å²) < 4.78 is 5.40. The zero-order chi connectivity index (χ0) is 19.9. The zero-order valence-corrected chi connectivity index (χ0v) is 16.7. The Morgan fingerprint density at radius 2 is 1.96 bits per heavy atom. The third-order valence-corrected chi connectivity index (χ3v) is 4.49. The molecular weight excluding hydrogens is 356 g/mol. The minimum absolute atomic E-state index is 0.0929. The topological polar surface area (TPSA) is 82.6 Å². The van der Waals surface area contributed by atoms with Crippen LogP contribution in [0.3, 0.4) is 0 Å². The fourth-order valence-corrected chi connectivity index (χ4v) is 2.96. The zero-order valence-electron chi connectivity index (χ0n) is 16.7. The lowest BCUT2D eigenvalue weighted by atomic mass is 10.2. The van der Waals surface area contributed by atoms with Gasteiger partial charge in [-0.05, 0) is 25.1 Å². The van der Waals surface area contributed by atoms with Crippen LogP contribution in [0.4, 0.5) is 17.5 Å². The van der Waals surface area contributed by atoms with E-state index < -0.39 is 0 Å². The number of benzene rings is 1. The molecule has 1 aliphatic rings. The molecule has 150 valence electrons. The second-order valence-corrected chi connectivity index (χ2v) is 6.92. The van der Waals surface area contributed by atoms with E-state index in [0.717, 1.165) is 30.3 Å². The van der Waals surface area contributed by atoms with Crippen LogP contribution >= 0.6 is 0 Å². The third-order valence-electron chi connectivity index (χ3n) is 4.49. The predicted octanol–water partition coefficient (Wildman–Crippen LogP) is 1.53. The van der Waals surface area contributed by atoms with Gasteiger partial charge in [-0.1, -0.05) is 6.07 Å². The molecule has 0 saturated carbocycles. The Morgan fingerprint density at radius 3 is 2.71 bits per heavy atom. The van der Waals surface area contributed by atoms with Crippen molar-refractivity contribution in [1.82, 2.24) is 15.3 Å². The number of nitrogens with zero attached hydrogens (tertiary/aromatic N) is 4. The number of aryl methyl sites for hydroxylation is 1. The number of carbonyl (C=O) groups excluding carboxylic acids is 1. The molecule has 1 fully saturated rings. The number of nitrogens with one attached hydrogen (secondary N) is 2. The normalized spacial score (nSPS) is 13.9. The van der Waals surface area contributed by atoms with E-state index >= 15 is 0 Å². The number of ether oxygens (including phenoxy) is 1. The highest BCUT2D eigenvalue weighted by Gasteiger charge is 2.14. The number of anilines is 3. The van der Waals surface area contributed by atoms with Crippen molar-refractivity contribution in [3.63, 3.8) is 0 Å². The number of amides is 1. The SMILES string of the molecule is Cc1cc(N2CCOCC2)nc(NCCNC(=O)c2cccc(N(C)C)c2)n1. The summed E-state index contributed by atoms with van der Waals surface area (Å²) in [6.07, 6.45) is 0. The van der Waals surface area contributed by atoms with E-state index in [1.54, 1.807) is 0 Å². The molecule has 1 aromatic carbocycles. The van der Waals surface area contributed by atoms with E-state index in [2.05, 4.69) is 25.5 Å². The van der Waals surface area contributed by atoms with Crippen molar-refractivity contribution < 1.29 is 9.53 Å². The summed E-state index contributed by atoms with van der Waals surface area (Å²) in [4.78, 5) is 25.5. The van der Waals surface area contributed by atoms with Crippen LogP contribution in [0.2, 0.25) is 0 Å². The Kier molecular flexibility index (Phi) is 6.65. The summed E-state index contributed by atoms with van der Waals surface area (Å²) in [7, 11) is 3.90. The molecule has 0 aliphatic carbocycles. The van der Waals surface area contributed by atoms with Crippen LogP contribution in [0.1, 0.15) is 16.1 Å². The Hall–Kier alpha value is -2.87. The van der Waals surface area contributed by atoms with Crippen molar-refractivity contribution in [3.8, 4) is 0 Å². The summed E-state index contributed by atoms with van der Waals surface area (Å²) in [6.45, 7) is 6.08. The lowest BCUT2D eigenvalue weighted by Gasteiger charge is -2.28. The van der Waals surface area contributed by atoms with Gasteiger partial charge in [-0.25, -0.2) is 4.98 Å². The molecule has 3 rings (SSSR count). The first-order valence-corrected chi connectivity index (χ1v) is 9.51. The van der Waals surface area contributed by atoms with Gasteiger partial charge in [-0.2, -0.15) is 4.98 Å². The lowest BCUT2D eigenvalue weighted by Crippen LogP contribution is -2.37. The van der Waals surface area contributed by atoms with Gasteiger partial charge in [0.25, 0.3) is 5.91 Å². The molecule has 28 heavy (non-hydrogen) atoms. The van der Waals surface area contributed by atoms with Crippen LogP contribution < -0.4 is 20.4 Å². The fraction of sp³-hybridized carbons (Fsp3) is 0.450. The molecule has 0 bridgehead atoms. The number of rotatable bonds is 7. The van der Waals surface area contributed by atoms with E-state index in [1.165, 1.54) is 0 Å². The van der Waals surface area contributed by atoms with Gasteiger partial charge in [0.1, 0.15) is 5.82 Å². The van der Waals surface area contributed by atoms with Gasteiger partial charge in [-0.15, -0.1) is 0 Å². The average Bonchev–Trinajstić information content (AvgIpc) is 2.71. The highest BCUT2D eigenvalue weighted by atomic mass is 16.5. The van der Waals surface area contributed by atoms with Gasteiger partial charge in [0.15, 0.2) is 0 Å². The quantitative estimate of drug-likeness (QED) is 0.701. The fourth-order valence-electron chi connectivity index (χ4n) is 2.96. The summed E-state index contributed by atoms with van der Waals surface area (Å²) in [5.41, 5.74) is 2.55. The molecule has 1 aromatic heterocycles. The summed E-state index contributed by atoms with van der Waals surface area (Å²) in [6, 6.07) is 9.53. The molecule has 0 radical (unpaired) electrons. The van der Waals surface area contributed by atoms with Crippen molar-refractivity contribution in [2.24, 2.45) is 0 Å². The number of carbonyl (C=O) groups is 1. The van der Waals surface area contributed by atoms with Crippen LogP contribution in [0.25, 0.3) is 0 Å². The molecule has 0 unspecified atom stereocenters. The van der Waals surface area contributed by atoms with E-state index in [1.807, 2.05) is 56.3 Å². The molecular formula is C20H28N6O2. The first-order valence-electron chi connectivity index (χ1n) is 9.51. The maximum Gasteiger partial charge on any atom is 0.251 e. The standard InChI is InChI=1S/C20H28N6O2/c1-15-13-18(26-9-11-28-12-10-26)24-20(23-15)22-8-7-21-19(27)16-5-4-6-17(14-16)25(2)3/h4-6,13-14H,7-12H2,1-3H3,(H,21,27)(H,22,23,24). The largest absolute Gasteiger partial charge is 0.378 e. The molecule has 0 atom stereocenters. The average molecular weight is 384 g/mol. The molecule has 2 N–H and O–H groups in total. The minimum atomic E-state index is -0.0929. The van der Waals surface area contributed by atoms with Crippen LogP contribution in [-0.2, 0) is 4.74 Å². The smallest absolute Gasteiger partial charge is 0.251 e. The van der Waals surface area contributed by atoms with Gasteiger partial charge in [0, 0.05) is 63.3 Å². The van der Waals surface area contributed by atoms with Gasteiger partial charge in [-0.3, -0.25) is 4.79 Å². The van der Waals surface area contributed by atoms with Gasteiger partial charge in [0.2, 0.25) is 5.95 Å². The second-order valence-electron chi connectivity index (χ2n) is 6.92. The summed E-state index contributed by atoms with van der Waals surface area (Å²) in [5, 5.41) is 6.12. The molecule has 0 spiro atoms. The van der Waals surface area contributed by atoms with Crippen LogP contribution in [0, 0.1) is 6.92 Å². The Morgan fingerprint density at radius 1 is 1.18 bits per heavy atom. The first-order chi connectivity index (χ1) is 13.5. The molecule has 8 nitrogen and oxygen atoms in total. The molecule has 1 aliphatic heterocycles. The van der Waals surface area contributed by atoms with Crippen LogP contribution in [0.5, 0.6) is 0 Å². The predicted molar refractivity (Wildman–Crippen MR) is 111 cm³/mol. The molecule has 1 amide bonds. The van der Waals surface area contributed by atoms with Gasteiger partial charge in [0.05, 0.1) is 13.2 Å². The maximum atomic E-state index is 12.3. The monoisotopic (exact) mass is 384 g/mol. The van der Waals surface area contributed by atoms with Crippen molar-refractivity contribution >= 4 is 23.4 Å². The summed E-state index contributed by atoms with van der Waals surface area (Å²) >= 11 is 0. The van der Waals surface area contributed by atoms with Crippen molar-refractivity contribution in [2.75, 3.05) is 68.6 Å². The molecule has 2 heterocycles. The van der Waals surface area contributed by atoms with Gasteiger partial charge < -0.3 is 25.2 Å². The highest BCUT2D eigenvalue weighted by molar-refractivity contribution is 5.95. The number of hydrogen-bond donors (Lipinski definition) is 2. The van der Waals surface area contributed by atoms with Crippen LogP contribution in [0.15, 0.2) is 30.3 Å². The third kappa shape index (κ3) is 5.32. The van der Waals surface area contributed by atoms with Crippen molar-refractivity contribution in [2.45, 2.75) is 6.92 Å². The maximum absolute atomic E-state index is 12.3. The lowest BCUT2D eigenvalue weighted by molar-refractivity contribution is 0.0955. The van der Waals surface area contributed by atoms with Crippen molar-refractivity contribution in [1.29, 1.82) is 0 Å². The second kappa shape index (κ2) is 9.36. The van der Waals surface area contributed by atoms with E-state index in [-0.39, 0.29) is 5.91 Å². The molecule has 2 aromatic rings. The Bertz CT molecular complexity index is 805. The molecule has 1 saturated heterocycles. The minimum Gasteiger partial charge on any atom is -0.378 e. The van der Waals surface area contributed by atoms with Crippen molar-refractivity contribution in [3.05, 3.63) is 41.6 Å². The van der Waals surface area contributed by atoms with E-state index in [9.17, 15) is 4.79 Å². The van der Waals surface area contributed by atoms with Crippen LogP contribution in [-0.4, -0.2) is 69.4 Å². The van der Waals surface area contributed by atoms with E-state index in [0.29, 0.717) is 37.8 Å². The Balaban J connectivity index is 1.51. The summed E-state index contributed by atoms with van der Waals surface area (Å²) in [5.74, 6) is 1.39. The van der Waals surface area contributed by atoms with Gasteiger partial charge >= 0.3 is 0 Å². The number of hydrogen-bond acceptors (Lipinski definition) is 7. The number of aromatic nitrogens is 2. The highest BCUT2D eigenvalue weighted by Crippen LogP contribution is 2.16. The number of morpholine rings is 1. The Labute approximate surface area is 165 Å².